The van der Waals surface area contributed by atoms with Gasteiger partial charge in [0.25, 0.3) is 10.1 Å². The summed E-state index contributed by atoms with van der Waals surface area (Å²) in [6.45, 7) is 0.286. The number of ketones is 1. The summed E-state index contributed by atoms with van der Waals surface area (Å²) in [7, 11) is -4.27. The Morgan fingerprint density at radius 2 is 1.90 bits per heavy atom. The summed E-state index contributed by atoms with van der Waals surface area (Å²) < 4.78 is 67.0. The first kappa shape index (κ1) is 22.5. The van der Waals surface area contributed by atoms with Crippen LogP contribution in [0.2, 0.25) is 0 Å². The lowest BCUT2D eigenvalue weighted by Crippen LogP contribution is -2.17. The minimum absolute atomic E-state index is 0.182. The fourth-order valence-electron chi connectivity index (χ4n) is 2.29. The van der Waals surface area contributed by atoms with Gasteiger partial charge in [0.1, 0.15) is 12.3 Å². The van der Waals surface area contributed by atoms with E-state index in [-0.39, 0.29) is 10.6 Å². The molecule has 2 aromatic rings. The second kappa shape index (κ2) is 8.69. The molecule has 0 aliphatic heterocycles. The molecule has 0 radical (unpaired) electrons. The number of Topliss-reactive ketones (excluding diaryl/α,β-unsaturated/α-hetero) is 1. The SMILES string of the molecule is Cc1ccc(S(=O)(=O)OCc2c([N+](=O)[O-])ncn2CC(=O)CCC(F)(F)F)cc1. The van der Waals surface area contributed by atoms with E-state index >= 15 is 0 Å². The number of carbonyl (C=O) groups is 1. The maximum Gasteiger partial charge on any atom is 0.389 e. The number of aromatic nitrogens is 2. The fraction of sp³-hybridized carbons (Fsp3) is 0.375. The summed E-state index contributed by atoms with van der Waals surface area (Å²) >= 11 is 0. The maximum absolute atomic E-state index is 12.3. The van der Waals surface area contributed by atoms with Crippen LogP contribution in [0.4, 0.5) is 19.0 Å². The molecule has 0 unspecified atom stereocenters. The van der Waals surface area contributed by atoms with Gasteiger partial charge in [0.15, 0.2) is 5.78 Å². The van der Waals surface area contributed by atoms with Gasteiger partial charge in [-0.2, -0.15) is 21.6 Å². The molecule has 1 aromatic heterocycles. The van der Waals surface area contributed by atoms with E-state index in [1.165, 1.54) is 24.3 Å². The molecule has 0 aliphatic rings. The number of hydrogen-bond acceptors (Lipinski definition) is 7. The van der Waals surface area contributed by atoms with Gasteiger partial charge < -0.3 is 10.1 Å². The average molecular weight is 435 g/mol. The molecule has 13 heteroatoms. The van der Waals surface area contributed by atoms with Crippen LogP contribution in [0.1, 0.15) is 24.1 Å². The molecule has 0 bridgehead atoms. The zero-order chi connectivity index (χ0) is 21.8. The molecule has 0 saturated heterocycles. The molecule has 0 fully saturated rings. The molecule has 1 heterocycles. The summed E-state index contributed by atoms with van der Waals surface area (Å²) in [5.41, 5.74) is 0.445. The number of rotatable bonds is 9. The lowest BCUT2D eigenvalue weighted by Gasteiger charge is -2.09. The maximum atomic E-state index is 12.3. The molecule has 0 saturated carbocycles. The third-order valence-corrected chi connectivity index (χ3v) is 5.07. The van der Waals surface area contributed by atoms with E-state index in [2.05, 4.69) is 4.98 Å². The number of benzene rings is 1. The molecule has 0 aliphatic carbocycles. The number of hydrogen-bond donors (Lipinski definition) is 0. The molecule has 1 aromatic carbocycles. The zero-order valence-corrected chi connectivity index (χ0v) is 15.9. The lowest BCUT2D eigenvalue weighted by atomic mass is 10.2. The van der Waals surface area contributed by atoms with Crippen LogP contribution in [0.25, 0.3) is 0 Å². The first-order valence-electron chi connectivity index (χ1n) is 8.12. The van der Waals surface area contributed by atoms with Crippen molar-refractivity contribution in [3.05, 3.63) is 52.0 Å². The highest BCUT2D eigenvalue weighted by Crippen LogP contribution is 2.23. The second-order valence-electron chi connectivity index (χ2n) is 6.08. The topological polar surface area (TPSA) is 121 Å². The monoisotopic (exact) mass is 435 g/mol. The largest absolute Gasteiger partial charge is 0.389 e. The van der Waals surface area contributed by atoms with Crippen molar-refractivity contribution >= 4 is 21.7 Å². The van der Waals surface area contributed by atoms with E-state index in [9.17, 15) is 36.5 Å². The first-order valence-corrected chi connectivity index (χ1v) is 9.53. The minimum atomic E-state index is -4.52. The predicted molar refractivity (Wildman–Crippen MR) is 92.3 cm³/mol. The summed E-state index contributed by atoms with van der Waals surface area (Å²) in [5.74, 6) is -1.61. The highest BCUT2D eigenvalue weighted by Gasteiger charge is 2.29. The standard InChI is InChI=1S/C16H16F3N3O6S/c1-11-2-4-13(5-3-11)29(26,27)28-9-14-15(22(24)25)20-10-21(14)8-12(23)6-7-16(17,18)19/h2-5,10H,6-9H2,1H3. The van der Waals surface area contributed by atoms with Gasteiger partial charge in [0.05, 0.1) is 17.9 Å². The van der Waals surface area contributed by atoms with Crippen molar-refractivity contribution < 1.29 is 35.5 Å². The molecular weight excluding hydrogens is 419 g/mol. The van der Waals surface area contributed by atoms with Crippen molar-refractivity contribution in [2.75, 3.05) is 0 Å². The Hall–Kier alpha value is -2.80. The van der Waals surface area contributed by atoms with Crippen molar-refractivity contribution in [2.24, 2.45) is 0 Å². The molecule has 29 heavy (non-hydrogen) atoms. The van der Waals surface area contributed by atoms with Gasteiger partial charge in [0, 0.05) is 6.42 Å². The molecule has 0 atom stereocenters. The van der Waals surface area contributed by atoms with Crippen LogP contribution in [0, 0.1) is 17.0 Å². The molecule has 2 rings (SSSR count). The van der Waals surface area contributed by atoms with Crippen LogP contribution in [0.15, 0.2) is 35.5 Å². The summed E-state index contributed by atoms with van der Waals surface area (Å²) in [6.07, 6.45) is -5.81. The van der Waals surface area contributed by atoms with E-state index < -0.39 is 58.8 Å². The first-order chi connectivity index (χ1) is 13.4. The van der Waals surface area contributed by atoms with Gasteiger partial charge >= 0.3 is 12.0 Å². The fourth-order valence-corrected chi connectivity index (χ4v) is 3.16. The zero-order valence-electron chi connectivity index (χ0n) is 15.0. The van der Waals surface area contributed by atoms with E-state index in [0.29, 0.717) is 0 Å². The second-order valence-corrected chi connectivity index (χ2v) is 7.70. The Kier molecular flexibility index (Phi) is 6.74. The Labute approximate surface area is 163 Å². The summed E-state index contributed by atoms with van der Waals surface area (Å²) in [5, 5.41) is 11.1. The number of nitro groups is 1. The van der Waals surface area contributed by atoms with E-state index in [1.807, 2.05) is 0 Å². The molecule has 0 amide bonds. The summed E-state index contributed by atoms with van der Waals surface area (Å²) in [6, 6.07) is 5.64. The van der Waals surface area contributed by atoms with Crippen LogP contribution in [0.5, 0.6) is 0 Å². The van der Waals surface area contributed by atoms with Gasteiger partial charge in [0.2, 0.25) is 6.33 Å². The van der Waals surface area contributed by atoms with E-state index in [0.717, 1.165) is 16.5 Å². The number of halogens is 3. The van der Waals surface area contributed by atoms with Crippen LogP contribution >= 0.6 is 0 Å². The van der Waals surface area contributed by atoms with Crippen LogP contribution in [-0.2, 0) is 32.2 Å². The highest BCUT2D eigenvalue weighted by molar-refractivity contribution is 7.86. The van der Waals surface area contributed by atoms with Gasteiger partial charge in [-0.25, -0.2) is 0 Å². The Morgan fingerprint density at radius 3 is 2.45 bits per heavy atom. The predicted octanol–water partition coefficient (Wildman–Crippen LogP) is 2.92. The lowest BCUT2D eigenvalue weighted by molar-refractivity contribution is -0.390. The van der Waals surface area contributed by atoms with E-state index in [1.54, 1.807) is 6.92 Å². The quantitative estimate of drug-likeness (QED) is 0.337. The third kappa shape index (κ3) is 6.35. The smallest absolute Gasteiger partial charge is 0.358 e. The van der Waals surface area contributed by atoms with Crippen molar-refractivity contribution in [2.45, 2.75) is 44.0 Å². The van der Waals surface area contributed by atoms with Crippen LogP contribution < -0.4 is 0 Å². The number of alkyl halides is 3. The highest BCUT2D eigenvalue weighted by atomic mass is 32.2. The van der Waals surface area contributed by atoms with Crippen LogP contribution in [0.3, 0.4) is 0 Å². The van der Waals surface area contributed by atoms with Crippen molar-refractivity contribution in [1.29, 1.82) is 0 Å². The minimum Gasteiger partial charge on any atom is -0.358 e. The number of nitrogens with zero attached hydrogens (tertiary/aromatic N) is 3. The number of carbonyl (C=O) groups excluding carboxylic acids is 1. The summed E-state index contributed by atoms with van der Waals surface area (Å²) in [4.78, 5) is 25.3. The van der Waals surface area contributed by atoms with Crippen molar-refractivity contribution in [3.63, 3.8) is 0 Å². The average Bonchev–Trinajstić information content (AvgIpc) is 3.01. The molecule has 158 valence electrons. The number of imidazole rings is 1. The van der Waals surface area contributed by atoms with Crippen LogP contribution in [-0.4, -0.2) is 34.9 Å². The van der Waals surface area contributed by atoms with Gasteiger partial charge in [-0.1, -0.05) is 17.7 Å². The third-order valence-electron chi connectivity index (χ3n) is 3.79. The molecule has 0 spiro atoms. The van der Waals surface area contributed by atoms with Gasteiger partial charge in [-0.3, -0.25) is 13.5 Å². The van der Waals surface area contributed by atoms with E-state index in [4.69, 9.17) is 4.18 Å². The van der Waals surface area contributed by atoms with Crippen molar-refractivity contribution in [3.8, 4) is 0 Å². The molecule has 9 nitrogen and oxygen atoms in total. The Morgan fingerprint density at radius 1 is 1.28 bits per heavy atom. The molecular formula is C16H16F3N3O6S. The van der Waals surface area contributed by atoms with Gasteiger partial charge in [-0.15, -0.1) is 0 Å². The number of aryl methyl sites for hydroxylation is 1. The van der Waals surface area contributed by atoms with Crippen molar-refractivity contribution in [1.82, 2.24) is 9.55 Å². The normalized spacial score (nSPS) is 12.1. The molecule has 0 N–H and O–H groups in total. The van der Waals surface area contributed by atoms with Gasteiger partial charge in [-0.05, 0) is 29.0 Å². The Bertz CT molecular complexity index is 1000. The Balaban J connectivity index is 2.18.